The summed E-state index contributed by atoms with van der Waals surface area (Å²) in [6.45, 7) is 17.5. The van der Waals surface area contributed by atoms with E-state index in [9.17, 15) is 30.3 Å². The van der Waals surface area contributed by atoms with E-state index in [1.165, 1.54) is 21.0 Å². The van der Waals surface area contributed by atoms with Crippen molar-refractivity contribution in [3.05, 3.63) is 0 Å². The molecule has 8 unspecified atom stereocenters. The van der Waals surface area contributed by atoms with Gasteiger partial charge < -0.3 is 64.2 Å². The van der Waals surface area contributed by atoms with Gasteiger partial charge in [-0.1, -0.05) is 13.8 Å². The van der Waals surface area contributed by atoms with Gasteiger partial charge in [0.25, 0.3) is 0 Å². The molecule has 3 fully saturated rings. The first-order chi connectivity index (χ1) is 23.0. The maximum atomic E-state index is 14.0. The Bertz CT molecular complexity index is 1100. The standard InChI is InChI=1S/C36H68N2O12/c1-18-15-34(8,43)31(50-33-27(39)25(38(11)12)14-19(2)46-33)20(3)28(49-26-16-35(9,45-13)30(41)23(6)47-26)21(4)32(42)48-24(7)36(10,44)29(40)22(5)37-17-18/h18-31,33,37,39-41,43-44H,14-17H2,1-13H3/t18-,19?,20+,21-,22-,23?,24-,25?,26?,27?,28+,29-,30?,31-,33?,34+,35?,36-/m1/s1. The van der Waals surface area contributed by atoms with E-state index in [1.54, 1.807) is 41.5 Å². The van der Waals surface area contributed by atoms with Crippen LogP contribution < -0.4 is 5.32 Å². The Balaban J connectivity index is 2.13. The predicted octanol–water partition coefficient (Wildman–Crippen LogP) is 1.17. The van der Waals surface area contributed by atoms with Gasteiger partial charge in [0.15, 0.2) is 12.6 Å². The Hall–Kier alpha value is -1.01. The molecule has 14 nitrogen and oxygen atoms in total. The molecular weight excluding hydrogens is 652 g/mol. The van der Waals surface area contributed by atoms with Crippen molar-refractivity contribution in [3.63, 3.8) is 0 Å². The number of esters is 1. The zero-order valence-corrected chi connectivity index (χ0v) is 32.5. The minimum absolute atomic E-state index is 0.131. The summed E-state index contributed by atoms with van der Waals surface area (Å²) in [5.41, 5.74) is -4.38. The number of hydrogen-bond acceptors (Lipinski definition) is 14. The van der Waals surface area contributed by atoms with Crippen LogP contribution in [0.5, 0.6) is 0 Å². The third kappa shape index (κ3) is 9.74. The van der Waals surface area contributed by atoms with Crippen LogP contribution in [0.1, 0.15) is 88.5 Å². The van der Waals surface area contributed by atoms with Crippen molar-refractivity contribution < 1.29 is 58.7 Å². The van der Waals surface area contributed by atoms with Gasteiger partial charge in [-0.2, -0.15) is 0 Å². The highest BCUT2D eigenvalue weighted by atomic mass is 16.7. The molecule has 0 aliphatic carbocycles. The van der Waals surface area contributed by atoms with E-state index >= 15 is 0 Å². The Labute approximate surface area is 299 Å². The summed E-state index contributed by atoms with van der Waals surface area (Å²) in [5.74, 6) is -2.62. The fourth-order valence-electron chi connectivity index (χ4n) is 7.95. The number of nitrogens with zero attached hydrogens (tertiary/aromatic N) is 1. The maximum Gasteiger partial charge on any atom is 0.311 e. The summed E-state index contributed by atoms with van der Waals surface area (Å²) < 4.78 is 37.1. The number of carbonyl (C=O) groups excluding carboxylic acids is 1. The van der Waals surface area contributed by atoms with Crippen molar-refractivity contribution >= 4 is 5.97 Å². The Morgan fingerprint density at radius 3 is 2.10 bits per heavy atom. The predicted molar refractivity (Wildman–Crippen MR) is 185 cm³/mol. The molecule has 0 saturated carbocycles. The first-order valence-corrected chi connectivity index (χ1v) is 18.2. The molecule has 294 valence electrons. The van der Waals surface area contributed by atoms with Crippen LogP contribution in [0.2, 0.25) is 0 Å². The number of methoxy groups -OCH3 is 1. The summed E-state index contributed by atoms with van der Waals surface area (Å²) >= 11 is 0. The number of rotatable bonds is 6. The van der Waals surface area contributed by atoms with E-state index in [2.05, 4.69) is 5.32 Å². The fraction of sp³-hybridized carbons (Fsp3) is 0.972. The summed E-state index contributed by atoms with van der Waals surface area (Å²) in [5, 5.41) is 60.5. The van der Waals surface area contributed by atoms with Crippen molar-refractivity contribution in [2.45, 2.75) is 179 Å². The fourth-order valence-corrected chi connectivity index (χ4v) is 7.95. The quantitative estimate of drug-likeness (QED) is 0.215. The number of carbonyl (C=O) groups is 1. The molecule has 3 rings (SSSR count). The highest BCUT2D eigenvalue weighted by molar-refractivity contribution is 5.73. The van der Waals surface area contributed by atoms with E-state index in [0.717, 1.165) is 0 Å². The monoisotopic (exact) mass is 720 g/mol. The van der Waals surface area contributed by atoms with E-state index in [-0.39, 0.29) is 30.9 Å². The SMILES string of the molecule is COC1(C)CC(O[C@H]2[C@H](C)[C@@H](OC3OC(C)CC(N(C)C)C3O)[C@@](C)(O)C[C@@H](C)CN[C@H](C)[C@@H](O)[C@](C)(O)[C@@H](C)OC(=O)[C@@H]2C)OC(C)C1O. The number of aliphatic hydroxyl groups excluding tert-OH is 3. The molecule has 6 N–H and O–H groups in total. The van der Waals surface area contributed by atoms with Crippen molar-refractivity contribution in [2.75, 3.05) is 27.7 Å². The molecule has 0 aromatic carbocycles. The lowest BCUT2D eigenvalue weighted by Gasteiger charge is -2.48. The number of likely N-dealkylation sites (N-methyl/N-ethyl adjacent to an activating group) is 1. The Kier molecular flexibility index (Phi) is 14.7. The Morgan fingerprint density at radius 2 is 1.52 bits per heavy atom. The van der Waals surface area contributed by atoms with Gasteiger partial charge in [0, 0.05) is 31.5 Å². The summed E-state index contributed by atoms with van der Waals surface area (Å²) in [6.07, 6.45) is -8.50. The highest BCUT2D eigenvalue weighted by Crippen LogP contribution is 2.39. The molecule has 14 heteroatoms. The minimum Gasteiger partial charge on any atom is -0.459 e. The van der Waals surface area contributed by atoms with Gasteiger partial charge in [-0.05, 0) is 94.8 Å². The van der Waals surface area contributed by atoms with Crippen LogP contribution >= 0.6 is 0 Å². The van der Waals surface area contributed by atoms with Crippen LogP contribution in [0.3, 0.4) is 0 Å². The van der Waals surface area contributed by atoms with Gasteiger partial charge in [-0.25, -0.2) is 0 Å². The minimum atomic E-state index is -1.81. The molecule has 0 amide bonds. The molecule has 0 aromatic rings. The maximum absolute atomic E-state index is 14.0. The molecule has 3 aliphatic heterocycles. The summed E-state index contributed by atoms with van der Waals surface area (Å²) in [6, 6.07) is -0.859. The van der Waals surface area contributed by atoms with Gasteiger partial charge in [0.05, 0.1) is 41.5 Å². The largest absolute Gasteiger partial charge is 0.459 e. The summed E-state index contributed by atoms with van der Waals surface area (Å²) in [7, 11) is 5.26. The molecule has 18 atom stereocenters. The van der Waals surface area contributed by atoms with Crippen molar-refractivity contribution in [2.24, 2.45) is 17.8 Å². The molecule has 0 bridgehead atoms. The third-order valence-corrected chi connectivity index (χ3v) is 11.6. The highest BCUT2D eigenvalue weighted by Gasteiger charge is 2.52. The lowest BCUT2D eigenvalue weighted by molar-refractivity contribution is -0.318. The third-order valence-electron chi connectivity index (χ3n) is 11.6. The number of ether oxygens (including phenoxy) is 6. The first-order valence-electron chi connectivity index (χ1n) is 18.2. The zero-order chi connectivity index (χ0) is 38.1. The second-order valence-electron chi connectivity index (χ2n) is 16.4. The number of hydrogen-bond donors (Lipinski definition) is 6. The molecule has 0 aromatic heterocycles. The zero-order valence-electron chi connectivity index (χ0n) is 32.5. The van der Waals surface area contributed by atoms with Crippen LogP contribution in [0, 0.1) is 17.8 Å². The molecule has 3 saturated heterocycles. The molecule has 0 spiro atoms. The second-order valence-corrected chi connectivity index (χ2v) is 16.4. The van der Waals surface area contributed by atoms with Crippen molar-refractivity contribution in [3.8, 4) is 0 Å². The molecular formula is C36H68N2O12. The van der Waals surface area contributed by atoms with Crippen LogP contribution in [-0.2, 0) is 33.2 Å². The lowest BCUT2D eigenvalue weighted by Crippen LogP contribution is -2.60. The second kappa shape index (κ2) is 17.0. The van der Waals surface area contributed by atoms with Crippen LogP contribution in [0.15, 0.2) is 0 Å². The average Bonchev–Trinajstić information content (AvgIpc) is 3.03. The van der Waals surface area contributed by atoms with Crippen LogP contribution in [0.25, 0.3) is 0 Å². The van der Waals surface area contributed by atoms with Gasteiger partial charge in [-0.3, -0.25) is 4.79 Å². The van der Waals surface area contributed by atoms with E-state index < -0.39 is 96.0 Å². The molecule has 0 radical (unpaired) electrons. The van der Waals surface area contributed by atoms with E-state index in [1.807, 2.05) is 32.8 Å². The number of nitrogens with one attached hydrogen (secondary N) is 1. The molecule has 3 heterocycles. The normalized spacial score (nSPS) is 50.7. The first kappa shape index (κ1) is 43.4. The van der Waals surface area contributed by atoms with Crippen LogP contribution in [0.4, 0.5) is 0 Å². The van der Waals surface area contributed by atoms with Gasteiger partial charge >= 0.3 is 5.97 Å². The number of aliphatic hydroxyl groups is 5. The average molecular weight is 721 g/mol. The van der Waals surface area contributed by atoms with E-state index in [0.29, 0.717) is 13.0 Å². The van der Waals surface area contributed by atoms with Gasteiger partial charge in [-0.15, -0.1) is 0 Å². The smallest absolute Gasteiger partial charge is 0.311 e. The lowest BCUT2D eigenvalue weighted by atomic mass is 9.77. The van der Waals surface area contributed by atoms with Crippen molar-refractivity contribution in [1.82, 2.24) is 10.2 Å². The van der Waals surface area contributed by atoms with Gasteiger partial charge in [0.1, 0.15) is 30.0 Å². The molecule has 50 heavy (non-hydrogen) atoms. The summed E-state index contributed by atoms with van der Waals surface area (Å²) in [4.78, 5) is 15.9. The van der Waals surface area contributed by atoms with Gasteiger partial charge in [0.2, 0.25) is 0 Å². The van der Waals surface area contributed by atoms with E-state index in [4.69, 9.17) is 28.4 Å². The Morgan fingerprint density at radius 1 is 0.900 bits per heavy atom. The molecule has 3 aliphatic rings. The van der Waals surface area contributed by atoms with Crippen LogP contribution in [-0.4, -0.2) is 154 Å². The van der Waals surface area contributed by atoms with Crippen molar-refractivity contribution in [1.29, 1.82) is 0 Å². The number of cyclic esters (lactones) is 1. The topological polar surface area (TPSA) is 189 Å².